The molecule has 1 unspecified atom stereocenters. The standard InChI is InChI=1S/C13H19FOS/c1-3-10(4-2)13(15)9-16-12-7-5-6-11(14)8-12/h5-8,10,13,15H,3-4,9H2,1-2H3. The van der Waals surface area contributed by atoms with Gasteiger partial charge < -0.3 is 5.11 Å². The summed E-state index contributed by atoms with van der Waals surface area (Å²) in [7, 11) is 0. The Morgan fingerprint density at radius 1 is 1.31 bits per heavy atom. The fraction of sp³-hybridized carbons (Fsp3) is 0.538. The smallest absolute Gasteiger partial charge is 0.124 e. The van der Waals surface area contributed by atoms with E-state index in [1.807, 2.05) is 6.07 Å². The minimum absolute atomic E-state index is 0.220. The summed E-state index contributed by atoms with van der Waals surface area (Å²) in [5.41, 5.74) is 0. The van der Waals surface area contributed by atoms with E-state index in [1.165, 1.54) is 23.9 Å². The number of aliphatic hydroxyl groups excluding tert-OH is 1. The van der Waals surface area contributed by atoms with Crippen LogP contribution in [0.1, 0.15) is 26.7 Å². The molecule has 0 heterocycles. The lowest BCUT2D eigenvalue weighted by molar-refractivity contribution is 0.125. The van der Waals surface area contributed by atoms with Crippen molar-refractivity contribution >= 4 is 11.8 Å². The molecule has 0 radical (unpaired) electrons. The third-order valence-electron chi connectivity index (χ3n) is 2.81. The van der Waals surface area contributed by atoms with Gasteiger partial charge in [-0.05, 0) is 24.1 Å². The summed E-state index contributed by atoms with van der Waals surface area (Å²) in [6, 6.07) is 6.50. The number of halogens is 1. The van der Waals surface area contributed by atoms with E-state index >= 15 is 0 Å². The SMILES string of the molecule is CCC(CC)C(O)CSc1cccc(F)c1. The molecule has 0 amide bonds. The maximum Gasteiger partial charge on any atom is 0.124 e. The molecule has 1 atom stereocenters. The van der Waals surface area contributed by atoms with Crippen molar-refractivity contribution in [3.05, 3.63) is 30.1 Å². The summed E-state index contributed by atoms with van der Waals surface area (Å²) < 4.78 is 12.9. The molecule has 0 aliphatic rings. The molecule has 90 valence electrons. The van der Waals surface area contributed by atoms with E-state index in [9.17, 15) is 9.50 Å². The first-order valence-corrected chi connectivity index (χ1v) is 6.72. The number of rotatable bonds is 6. The van der Waals surface area contributed by atoms with Gasteiger partial charge in [-0.15, -0.1) is 11.8 Å². The summed E-state index contributed by atoms with van der Waals surface area (Å²) in [5, 5.41) is 9.92. The quantitative estimate of drug-likeness (QED) is 0.767. The van der Waals surface area contributed by atoms with Gasteiger partial charge in [-0.2, -0.15) is 0 Å². The molecule has 0 fully saturated rings. The Balaban J connectivity index is 2.45. The van der Waals surface area contributed by atoms with Gasteiger partial charge in [0.2, 0.25) is 0 Å². The topological polar surface area (TPSA) is 20.2 Å². The number of benzene rings is 1. The molecule has 0 aliphatic carbocycles. The zero-order valence-corrected chi connectivity index (χ0v) is 10.6. The highest BCUT2D eigenvalue weighted by molar-refractivity contribution is 7.99. The molecule has 1 aromatic rings. The molecule has 16 heavy (non-hydrogen) atoms. The van der Waals surface area contributed by atoms with Crippen molar-refractivity contribution in [1.82, 2.24) is 0 Å². The number of hydrogen-bond acceptors (Lipinski definition) is 2. The first kappa shape index (κ1) is 13.5. The van der Waals surface area contributed by atoms with E-state index in [0.29, 0.717) is 11.7 Å². The van der Waals surface area contributed by atoms with Crippen LogP contribution in [0.25, 0.3) is 0 Å². The molecule has 0 spiro atoms. The Hall–Kier alpha value is -0.540. The summed E-state index contributed by atoms with van der Waals surface area (Å²) in [5.74, 6) is 0.763. The molecule has 1 rings (SSSR count). The molecule has 0 aromatic heterocycles. The Morgan fingerprint density at radius 3 is 2.56 bits per heavy atom. The Morgan fingerprint density at radius 2 is 2.00 bits per heavy atom. The minimum atomic E-state index is -0.303. The second-order valence-corrected chi connectivity index (χ2v) is 5.01. The van der Waals surface area contributed by atoms with Gasteiger partial charge in [0.05, 0.1) is 6.10 Å². The highest BCUT2D eigenvalue weighted by Gasteiger charge is 2.15. The normalized spacial score (nSPS) is 13.1. The van der Waals surface area contributed by atoms with Crippen molar-refractivity contribution < 1.29 is 9.50 Å². The average Bonchev–Trinajstić information content (AvgIpc) is 2.28. The molecule has 1 aromatic carbocycles. The fourth-order valence-corrected chi connectivity index (χ4v) is 2.71. The third kappa shape index (κ3) is 4.14. The molecule has 1 nitrogen and oxygen atoms in total. The van der Waals surface area contributed by atoms with E-state index < -0.39 is 0 Å². The molecular formula is C13H19FOS. The maximum atomic E-state index is 12.9. The molecule has 0 saturated heterocycles. The minimum Gasteiger partial charge on any atom is -0.392 e. The van der Waals surface area contributed by atoms with Crippen LogP contribution >= 0.6 is 11.8 Å². The van der Waals surface area contributed by atoms with Crippen LogP contribution in [0.2, 0.25) is 0 Å². The van der Waals surface area contributed by atoms with Crippen molar-refractivity contribution in [3.63, 3.8) is 0 Å². The second-order valence-electron chi connectivity index (χ2n) is 3.91. The van der Waals surface area contributed by atoms with Crippen molar-refractivity contribution in [2.75, 3.05) is 5.75 Å². The van der Waals surface area contributed by atoms with Crippen LogP contribution in [0.5, 0.6) is 0 Å². The molecule has 3 heteroatoms. The van der Waals surface area contributed by atoms with Crippen LogP contribution in [0.3, 0.4) is 0 Å². The zero-order chi connectivity index (χ0) is 12.0. The Kier molecular flexibility index (Phi) is 5.85. The van der Waals surface area contributed by atoms with Crippen LogP contribution in [0, 0.1) is 11.7 Å². The second kappa shape index (κ2) is 6.92. The van der Waals surface area contributed by atoms with Gasteiger partial charge in [-0.1, -0.05) is 32.8 Å². The van der Waals surface area contributed by atoms with E-state index in [2.05, 4.69) is 13.8 Å². The Bertz CT molecular complexity index is 313. The highest BCUT2D eigenvalue weighted by atomic mass is 32.2. The van der Waals surface area contributed by atoms with E-state index in [4.69, 9.17) is 0 Å². The predicted molar refractivity (Wildman–Crippen MR) is 67.2 cm³/mol. The van der Waals surface area contributed by atoms with Crippen molar-refractivity contribution in [2.24, 2.45) is 5.92 Å². The zero-order valence-electron chi connectivity index (χ0n) is 9.82. The van der Waals surface area contributed by atoms with Crippen LogP contribution in [-0.4, -0.2) is 17.0 Å². The van der Waals surface area contributed by atoms with Crippen LogP contribution < -0.4 is 0 Å². The average molecular weight is 242 g/mol. The van der Waals surface area contributed by atoms with Gasteiger partial charge in [0.1, 0.15) is 5.82 Å². The van der Waals surface area contributed by atoms with Crippen LogP contribution in [0.4, 0.5) is 4.39 Å². The number of hydrogen-bond donors (Lipinski definition) is 1. The molecule has 1 N–H and O–H groups in total. The predicted octanol–water partition coefficient (Wildman–Crippen LogP) is 3.71. The maximum absolute atomic E-state index is 12.9. The Labute approximate surface area is 101 Å². The van der Waals surface area contributed by atoms with Gasteiger partial charge in [-0.25, -0.2) is 4.39 Å². The van der Waals surface area contributed by atoms with Gasteiger partial charge in [0.25, 0.3) is 0 Å². The first-order chi connectivity index (χ1) is 7.67. The lowest BCUT2D eigenvalue weighted by atomic mass is 9.98. The van der Waals surface area contributed by atoms with Crippen molar-refractivity contribution in [3.8, 4) is 0 Å². The van der Waals surface area contributed by atoms with Crippen molar-refractivity contribution in [1.29, 1.82) is 0 Å². The summed E-state index contributed by atoms with van der Waals surface area (Å²) in [4.78, 5) is 0.880. The van der Waals surface area contributed by atoms with Gasteiger partial charge in [0, 0.05) is 10.6 Å². The molecule has 0 aliphatic heterocycles. The van der Waals surface area contributed by atoms with E-state index in [0.717, 1.165) is 17.7 Å². The molecule has 0 bridgehead atoms. The summed E-state index contributed by atoms with van der Waals surface area (Å²) in [6.07, 6.45) is 1.67. The summed E-state index contributed by atoms with van der Waals surface area (Å²) >= 11 is 1.51. The lowest BCUT2D eigenvalue weighted by Crippen LogP contribution is -2.21. The number of thioether (sulfide) groups is 1. The monoisotopic (exact) mass is 242 g/mol. The lowest BCUT2D eigenvalue weighted by Gasteiger charge is -2.19. The van der Waals surface area contributed by atoms with Gasteiger partial charge >= 0.3 is 0 Å². The number of aliphatic hydroxyl groups is 1. The molecular weight excluding hydrogens is 223 g/mol. The highest BCUT2D eigenvalue weighted by Crippen LogP contribution is 2.23. The largest absolute Gasteiger partial charge is 0.392 e. The first-order valence-electron chi connectivity index (χ1n) is 5.73. The van der Waals surface area contributed by atoms with E-state index in [1.54, 1.807) is 6.07 Å². The van der Waals surface area contributed by atoms with Crippen LogP contribution in [-0.2, 0) is 0 Å². The van der Waals surface area contributed by atoms with Crippen LogP contribution in [0.15, 0.2) is 29.2 Å². The fourth-order valence-electron chi connectivity index (χ4n) is 1.71. The van der Waals surface area contributed by atoms with E-state index in [-0.39, 0.29) is 11.9 Å². The third-order valence-corrected chi connectivity index (χ3v) is 3.91. The van der Waals surface area contributed by atoms with Gasteiger partial charge in [-0.3, -0.25) is 0 Å². The van der Waals surface area contributed by atoms with Crippen molar-refractivity contribution in [2.45, 2.75) is 37.7 Å². The molecule has 0 saturated carbocycles. The van der Waals surface area contributed by atoms with Gasteiger partial charge in [0.15, 0.2) is 0 Å². The summed E-state index contributed by atoms with van der Waals surface area (Å²) in [6.45, 7) is 4.18.